The van der Waals surface area contributed by atoms with Gasteiger partial charge in [-0.05, 0) is 33.1 Å². The lowest BCUT2D eigenvalue weighted by Gasteiger charge is -2.17. The summed E-state index contributed by atoms with van der Waals surface area (Å²) in [6.07, 6.45) is 3.81. The molecule has 0 radical (unpaired) electrons. The Labute approximate surface area is 174 Å². The van der Waals surface area contributed by atoms with Gasteiger partial charge in [0, 0.05) is 12.3 Å². The van der Waals surface area contributed by atoms with Gasteiger partial charge in [-0.25, -0.2) is 9.59 Å². The Morgan fingerprint density at radius 1 is 1.07 bits per heavy atom. The van der Waals surface area contributed by atoms with Gasteiger partial charge in [0.1, 0.15) is 18.4 Å². The van der Waals surface area contributed by atoms with E-state index in [0.717, 1.165) is 28.0 Å². The van der Waals surface area contributed by atoms with Crippen LogP contribution in [0.4, 0.5) is 4.79 Å². The van der Waals surface area contributed by atoms with Crippen LogP contribution in [0.1, 0.15) is 23.5 Å². The van der Waals surface area contributed by atoms with E-state index in [0.29, 0.717) is 6.42 Å². The van der Waals surface area contributed by atoms with E-state index >= 15 is 0 Å². The van der Waals surface area contributed by atoms with Gasteiger partial charge in [-0.15, -0.1) is 0 Å². The third kappa shape index (κ3) is 5.00. The Morgan fingerprint density at radius 3 is 2.11 bits per heavy atom. The van der Waals surface area contributed by atoms with E-state index in [1.165, 1.54) is 0 Å². The predicted molar refractivity (Wildman–Crippen MR) is 108 cm³/mol. The minimum absolute atomic E-state index is 0. The lowest BCUT2D eigenvalue weighted by molar-refractivity contribution is -0.139. The average molecular weight is 422 g/mol. The molecule has 28 heavy (non-hydrogen) atoms. The van der Waals surface area contributed by atoms with Gasteiger partial charge in [-0.1, -0.05) is 48.5 Å². The lowest BCUT2D eigenvalue weighted by Crippen LogP contribution is -3.00. The fraction of sp³-hybridized carbons (Fsp3) is 0.333. The highest BCUT2D eigenvalue weighted by Crippen LogP contribution is 2.44. The first-order valence-corrected chi connectivity index (χ1v) is 11.1. The summed E-state index contributed by atoms with van der Waals surface area (Å²) in [6, 6.07) is 15.3. The number of carbonyl (C=O) groups excluding carboxylic acids is 1. The van der Waals surface area contributed by atoms with Gasteiger partial charge in [-0.2, -0.15) is 0 Å². The minimum atomic E-state index is -1.03. The number of benzene rings is 2. The van der Waals surface area contributed by atoms with Gasteiger partial charge in [0.15, 0.2) is 0 Å². The molecule has 5 nitrogen and oxygen atoms in total. The van der Waals surface area contributed by atoms with Gasteiger partial charge in [0.05, 0.1) is 12.5 Å². The molecule has 1 unspecified atom stereocenters. The Balaban J connectivity index is 0.00000280. The van der Waals surface area contributed by atoms with Crippen molar-refractivity contribution in [2.45, 2.75) is 18.4 Å². The smallest absolute Gasteiger partial charge is 0.407 e. The molecule has 1 atom stereocenters. The molecule has 0 saturated heterocycles. The molecule has 1 amide bonds. The molecule has 2 aromatic carbocycles. The molecule has 0 heterocycles. The van der Waals surface area contributed by atoms with Gasteiger partial charge in [-0.3, -0.25) is 0 Å². The zero-order chi connectivity index (χ0) is 19.4. The number of carbonyl (C=O) groups is 2. The van der Waals surface area contributed by atoms with Crippen LogP contribution in [0.2, 0.25) is 0 Å². The second kappa shape index (κ2) is 9.85. The monoisotopic (exact) mass is 421 g/mol. The fourth-order valence-electron chi connectivity index (χ4n) is 3.39. The van der Waals surface area contributed by atoms with Crippen LogP contribution in [0, 0.1) is 0 Å². The summed E-state index contributed by atoms with van der Waals surface area (Å²) in [5, 5.41) is 11.8. The molecule has 1 aliphatic rings. The number of rotatable bonds is 7. The number of nitrogens with one attached hydrogen (secondary N) is 1. The van der Waals surface area contributed by atoms with Crippen LogP contribution in [0.3, 0.4) is 0 Å². The molecule has 3 rings (SSSR count). The number of ether oxygens (including phenoxy) is 1. The highest BCUT2D eigenvalue weighted by molar-refractivity contribution is 7.95. The number of hydrogen-bond donors (Lipinski definition) is 2. The van der Waals surface area contributed by atoms with E-state index in [1.807, 2.05) is 48.9 Å². The first-order chi connectivity index (χ1) is 13.0. The number of hydrogen-bond acceptors (Lipinski definition) is 3. The minimum Gasteiger partial charge on any atom is -1.00 e. The van der Waals surface area contributed by atoms with Crippen molar-refractivity contribution in [1.82, 2.24) is 5.32 Å². The number of fused-ring (bicyclic) bond motifs is 3. The molecular formula is C21H24ClNO4S. The summed E-state index contributed by atoms with van der Waals surface area (Å²) in [7, 11) is 0.122. The third-order valence-electron chi connectivity index (χ3n) is 4.75. The van der Waals surface area contributed by atoms with Crippen molar-refractivity contribution >= 4 is 23.0 Å². The van der Waals surface area contributed by atoms with Crippen molar-refractivity contribution in [2.75, 3.05) is 24.9 Å². The summed E-state index contributed by atoms with van der Waals surface area (Å²) < 4.78 is 5.42. The molecule has 1 aliphatic carbocycles. The largest absolute Gasteiger partial charge is 1.00 e. The van der Waals surface area contributed by atoms with Crippen LogP contribution in [0.15, 0.2) is 48.5 Å². The number of carboxylic acid groups (broad SMARTS) is 1. The fourth-order valence-corrected chi connectivity index (χ4v) is 4.10. The first kappa shape index (κ1) is 22.1. The quantitative estimate of drug-likeness (QED) is 0.628. The van der Waals surface area contributed by atoms with Crippen LogP contribution >= 0.6 is 0 Å². The molecular weight excluding hydrogens is 398 g/mol. The summed E-state index contributed by atoms with van der Waals surface area (Å²) >= 11 is 0. The van der Waals surface area contributed by atoms with E-state index in [4.69, 9.17) is 4.74 Å². The molecule has 0 saturated carbocycles. The Kier molecular flexibility index (Phi) is 7.78. The molecule has 0 bridgehead atoms. The van der Waals surface area contributed by atoms with Crippen LogP contribution < -0.4 is 17.7 Å². The van der Waals surface area contributed by atoms with Gasteiger partial charge in [0.2, 0.25) is 0 Å². The third-order valence-corrected chi connectivity index (χ3v) is 5.80. The van der Waals surface area contributed by atoms with Crippen LogP contribution in [-0.2, 0) is 20.4 Å². The van der Waals surface area contributed by atoms with Gasteiger partial charge in [0.25, 0.3) is 0 Å². The van der Waals surface area contributed by atoms with Crippen molar-refractivity contribution in [2.24, 2.45) is 0 Å². The van der Waals surface area contributed by atoms with Crippen LogP contribution in [0.25, 0.3) is 11.1 Å². The van der Waals surface area contributed by atoms with E-state index in [-0.39, 0.29) is 35.8 Å². The average Bonchev–Trinajstić information content (AvgIpc) is 2.97. The van der Waals surface area contributed by atoms with Crippen molar-refractivity contribution < 1.29 is 31.8 Å². The summed E-state index contributed by atoms with van der Waals surface area (Å²) in [5.74, 6) is -0.321. The maximum Gasteiger partial charge on any atom is 0.407 e. The summed E-state index contributed by atoms with van der Waals surface area (Å²) in [4.78, 5) is 23.6. The Hall–Kier alpha value is -2.18. The van der Waals surface area contributed by atoms with Crippen molar-refractivity contribution in [3.05, 3.63) is 59.7 Å². The molecule has 2 N–H and O–H groups in total. The first-order valence-electron chi connectivity index (χ1n) is 8.86. The topological polar surface area (TPSA) is 75.6 Å². The van der Waals surface area contributed by atoms with Crippen LogP contribution in [0.5, 0.6) is 0 Å². The van der Waals surface area contributed by atoms with Gasteiger partial charge >= 0.3 is 12.1 Å². The maximum absolute atomic E-state index is 12.2. The van der Waals surface area contributed by atoms with E-state index < -0.39 is 18.1 Å². The number of halogens is 1. The number of carboxylic acids is 1. The summed E-state index contributed by atoms with van der Waals surface area (Å²) in [5.41, 5.74) is 4.57. The maximum atomic E-state index is 12.2. The summed E-state index contributed by atoms with van der Waals surface area (Å²) in [6.45, 7) is 0.179. The molecule has 7 heteroatoms. The van der Waals surface area contributed by atoms with E-state index in [2.05, 4.69) is 17.4 Å². The Bertz CT molecular complexity index is 797. The highest BCUT2D eigenvalue weighted by atomic mass is 35.5. The van der Waals surface area contributed by atoms with Crippen molar-refractivity contribution in [3.63, 3.8) is 0 Å². The zero-order valence-corrected chi connectivity index (χ0v) is 17.4. The Morgan fingerprint density at radius 2 is 1.61 bits per heavy atom. The van der Waals surface area contributed by atoms with E-state index in [9.17, 15) is 14.7 Å². The standard InChI is InChI=1S/C21H23NO4S.ClH/c1-27(2)12-11-19(20(23)24)22-21(25)26-13-18-16-9-5-3-7-14(16)15-8-4-6-10-17(15)18;/h3-10,18-19H,11-13H2,1-2H3,(H-,22,23,24,25);1H. The van der Waals surface area contributed by atoms with E-state index in [1.54, 1.807) is 0 Å². The van der Waals surface area contributed by atoms with Gasteiger partial charge < -0.3 is 27.6 Å². The van der Waals surface area contributed by atoms with Crippen molar-refractivity contribution in [3.8, 4) is 11.1 Å². The van der Waals surface area contributed by atoms with Crippen LogP contribution in [-0.4, -0.2) is 48.1 Å². The zero-order valence-electron chi connectivity index (χ0n) is 15.9. The molecule has 0 fully saturated rings. The second-order valence-corrected chi connectivity index (χ2v) is 9.22. The molecule has 0 aromatic heterocycles. The number of aliphatic carboxylic acids is 1. The molecule has 150 valence electrons. The predicted octanol–water partition coefficient (Wildman–Crippen LogP) is 0.250. The lowest BCUT2D eigenvalue weighted by atomic mass is 9.98. The second-order valence-electron chi connectivity index (χ2n) is 6.84. The molecule has 0 spiro atoms. The van der Waals surface area contributed by atoms with Crippen molar-refractivity contribution in [1.29, 1.82) is 0 Å². The molecule has 0 aliphatic heterocycles. The number of amides is 1. The normalized spacial score (nSPS) is 13.2. The highest BCUT2D eigenvalue weighted by Gasteiger charge is 2.30. The number of alkyl carbamates (subject to hydrolysis) is 1. The molecule has 2 aromatic rings. The SMILES string of the molecule is C[S+](C)CCC(NC(=O)OCC1c2ccccc2-c2ccccc21)C(=O)O.[Cl-].